The molecular formula is C23H18F3N4O4-. The van der Waals surface area contributed by atoms with Gasteiger partial charge in [0, 0.05) is 30.9 Å². The van der Waals surface area contributed by atoms with Crippen molar-refractivity contribution in [3.05, 3.63) is 87.8 Å². The van der Waals surface area contributed by atoms with Crippen molar-refractivity contribution in [1.82, 2.24) is 9.78 Å². The van der Waals surface area contributed by atoms with Gasteiger partial charge in [-0.2, -0.15) is 23.5 Å². The Morgan fingerprint density at radius 1 is 1.18 bits per heavy atom. The van der Waals surface area contributed by atoms with E-state index in [0.717, 1.165) is 4.90 Å². The molecule has 0 bridgehead atoms. The molecule has 0 saturated heterocycles. The Morgan fingerprint density at radius 2 is 1.94 bits per heavy atom. The highest BCUT2D eigenvalue weighted by Crippen LogP contribution is 2.19. The zero-order chi connectivity index (χ0) is 24.7. The first kappa shape index (κ1) is 24.5. The highest BCUT2D eigenvalue weighted by atomic mass is 19.4. The zero-order valence-electron chi connectivity index (χ0n) is 17.7. The van der Waals surface area contributed by atoms with E-state index in [1.165, 1.54) is 29.1 Å². The minimum atomic E-state index is -4.52. The normalized spacial score (nSPS) is 11.1. The number of carboxylic acid groups (broad SMARTS) is 1. The molecule has 0 aliphatic heterocycles. The van der Waals surface area contributed by atoms with Gasteiger partial charge < -0.3 is 19.5 Å². The number of nitrogens with zero attached hydrogens (tertiary/aromatic N) is 4. The first-order valence-corrected chi connectivity index (χ1v) is 9.97. The van der Waals surface area contributed by atoms with E-state index >= 15 is 0 Å². The van der Waals surface area contributed by atoms with Crippen molar-refractivity contribution in [2.45, 2.75) is 12.6 Å². The van der Waals surface area contributed by atoms with Gasteiger partial charge in [0.25, 0.3) is 0 Å². The van der Waals surface area contributed by atoms with E-state index in [2.05, 4.69) is 9.84 Å². The maximum atomic E-state index is 12.4. The lowest BCUT2D eigenvalue weighted by atomic mass is 10.1. The Labute approximate surface area is 192 Å². The second-order valence-electron chi connectivity index (χ2n) is 7.17. The van der Waals surface area contributed by atoms with Crippen LogP contribution < -0.4 is 15.4 Å². The van der Waals surface area contributed by atoms with Gasteiger partial charge in [0.1, 0.15) is 18.4 Å². The van der Waals surface area contributed by atoms with Crippen molar-refractivity contribution >= 4 is 11.8 Å². The fourth-order valence-electron chi connectivity index (χ4n) is 3.13. The molecule has 0 spiro atoms. The summed E-state index contributed by atoms with van der Waals surface area (Å²) in [5, 5.41) is 24.9. The van der Waals surface area contributed by atoms with Gasteiger partial charge in [0.15, 0.2) is 0 Å². The van der Waals surface area contributed by atoms with Crippen molar-refractivity contribution < 1.29 is 27.8 Å². The number of ether oxygens (including phenoxy) is 1. The number of aromatic nitrogens is 2. The molecule has 0 aliphatic rings. The Kier molecular flexibility index (Phi) is 7.65. The molecular weight excluding hydrogens is 453 g/mol. The van der Waals surface area contributed by atoms with E-state index in [1.54, 1.807) is 36.4 Å². The van der Waals surface area contributed by atoms with Crippen molar-refractivity contribution in [3.8, 4) is 11.8 Å². The first-order chi connectivity index (χ1) is 16.2. The van der Waals surface area contributed by atoms with Crippen LogP contribution >= 0.6 is 0 Å². The second kappa shape index (κ2) is 10.6. The molecule has 176 valence electrons. The number of amides is 1. The second-order valence-corrected chi connectivity index (χ2v) is 7.17. The Balaban J connectivity index is 1.79. The molecule has 2 aromatic carbocycles. The summed E-state index contributed by atoms with van der Waals surface area (Å²) in [5.74, 6) is 0. The van der Waals surface area contributed by atoms with E-state index in [9.17, 15) is 27.9 Å². The van der Waals surface area contributed by atoms with Gasteiger partial charge in [-0.05, 0) is 35.9 Å². The summed E-state index contributed by atoms with van der Waals surface area (Å²) in [4.78, 5) is 24.6. The third-order valence-corrected chi connectivity index (χ3v) is 4.66. The SMILES string of the molecule is N#Cc1cccc(-n2ccc(=O)c(Cc3cccc(N(CCOCC(F)(F)F)C(=O)[O-])c3)n2)c1. The van der Waals surface area contributed by atoms with Crippen LogP contribution in [-0.2, 0) is 11.2 Å². The molecule has 11 heteroatoms. The predicted molar refractivity (Wildman–Crippen MR) is 113 cm³/mol. The monoisotopic (exact) mass is 471 g/mol. The smallest absolute Gasteiger partial charge is 0.411 e. The lowest BCUT2D eigenvalue weighted by Gasteiger charge is -2.25. The zero-order valence-corrected chi connectivity index (χ0v) is 17.7. The number of hydrogen-bond donors (Lipinski definition) is 0. The van der Waals surface area contributed by atoms with Crippen LogP contribution in [0, 0.1) is 11.3 Å². The fraction of sp³-hybridized carbons (Fsp3) is 0.217. The number of halogens is 3. The molecule has 0 fully saturated rings. The van der Waals surface area contributed by atoms with Crippen LogP contribution in [-0.4, -0.2) is 41.8 Å². The summed E-state index contributed by atoms with van der Waals surface area (Å²) in [7, 11) is 0. The molecule has 1 amide bonds. The van der Waals surface area contributed by atoms with E-state index < -0.39 is 25.5 Å². The number of anilines is 1. The number of hydrogen-bond acceptors (Lipinski definition) is 6. The third kappa shape index (κ3) is 6.66. The van der Waals surface area contributed by atoms with Gasteiger partial charge in [-0.1, -0.05) is 18.2 Å². The van der Waals surface area contributed by atoms with Gasteiger partial charge in [-0.15, -0.1) is 0 Å². The summed E-state index contributed by atoms with van der Waals surface area (Å²) in [6.07, 6.45) is -4.59. The fourth-order valence-corrected chi connectivity index (χ4v) is 3.13. The molecule has 0 atom stereocenters. The van der Waals surface area contributed by atoms with Crippen LogP contribution in [0.25, 0.3) is 5.69 Å². The molecule has 34 heavy (non-hydrogen) atoms. The number of carbonyl (C=O) groups is 1. The lowest BCUT2D eigenvalue weighted by Crippen LogP contribution is -2.43. The molecule has 0 unspecified atom stereocenters. The van der Waals surface area contributed by atoms with Crippen molar-refractivity contribution in [2.24, 2.45) is 0 Å². The van der Waals surface area contributed by atoms with E-state index in [4.69, 9.17) is 5.26 Å². The van der Waals surface area contributed by atoms with E-state index in [1.807, 2.05) is 6.07 Å². The average Bonchev–Trinajstić information content (AvgIpc) is 2.79. The maximum Gasteiger partial charge on any atom is 0.411 e. The lowest BCUT2D eigenvalue weighted by molar-refractivity contribution is -0.246. The molecule has 0 saturated carbocycles. The highest BCUT2D eigenvalue weighted by Gasteiger charge is 2.27. The average molecular weight is 471 g/mol. The van der Waals surface area contributed by atoms with Crippen LogP contribution in [0.4, 0.5) is 23.7 Å². The first-order valence-electron chi connectivity index (χ1n) is 9.97. The molecule has 1 heterocycles. The molecule has 3 rings (SSSR count). The number of alkyl halides is 3. The van der Waals surface area contributed by atoms with E-state index in [0.29, 0.717) is 16.8 Å². The van der Waals surface area contributed by atoms with Crippen LogP contribution in [0.3, 0.4) is 0 Å². The largest absolute Gasteiger partial charge is 0.530 e. The van der Waals surface area contributed by atoms with Crippen LogP contribution in [0.15, 0.2) is 65.6 Å². The quantitative estimate of drug-likeness (QED) is 0.467. The van der Waals surface area contributed by atoms with Gasteiger partial charge in [0.2, 0.25) is 5.43 Å². The van der Waals surface area contributed by atoms with Gasteiger partial charge in [0.05, 0.1) is 23.9 Å². The standard InChI is InChI=1S/C23H19F3N4O4/c24-23(25,26)15-34-10-9-29(22(32)33)18-5-1-3-16(11-18)13-20-21(31)7-8-30(28-20)19-6-2-4-17(12-19)14-27/h1-8,11-12H,9-10,13,15H2,(H,32,33)/p-1. The number of nitriles is 1. The molecule has 8 nitrogen and oxygen atoms in total. The van der Waals surface area contributed by atoms with Crippen LogP contribution in [0.2, 0.25) is 0 Å². The van der Waals surface area contributed by atoms with Crippen molar-refractivity contribution in [2.75, 3.05) is 24.7 Å². The van der Waals surface area contributed by atoms with E-state index in [-0.39, 0.29) is 29.8 Å². The number of carbonyl (C=O) groups excluding carboxylic acids is 1. The summed E-state index contributed by atoms with van der Waals surface area (Å²) in [5.41, 5.74) is 1.55. The van der Waals surface area contributed by atoms with Crippen molar-refractivity contribution in [3.63, 3.8) is 0 Å². The summed E-state index contributed by atoms with van der Waals surface area (Å²) < 4.78 is 42.6. The Bertz CT molecular complexity index is 1270. The summed E-state index contributed by atoms with van der Waals surface area (Å²) in [6, 6.07) is 16.2. The third-order valence-electron chi connectivity index (χ3n) is 4.66. The number of benzene rings is 2. The maximum absolute atomic E-state index is 12.4. The number of rotatable bonds is 8. The molecule has 3 aromatic rings. The minimum absolute atomic E-state index is 0.0664. The molecule has 0 aliphatic carbocycles. The summed E-state index contributed by atoms with van der Waals surface area (Å²) in [6.45, 7) is -2.34. The van der Waals surface area contributed by atoms with Crippen LogP contribution in [0.1, 0.15) is 16.8 Å². The highest BCUT2D eigenvalue weighted by molar-refractivity contribution is 5.84. The Morgan fingerprint density at radius 3 is 2.65 bits per heavy atom. The molecule has 0 radical (unpaired) electrons. The van der Waals surface area contributed by atoms with Crippen molar-refractivity contribution in [1.29, 1.82) is 5.26 Å². The Hall–Kier alpha value is -4.17. The van der Waals surface area contributed by atoms with Gasteiger partial charge in [-0.25, -0.2) is 4.68 Å². The van der Waals surface area contributed by atoms with Gasteiger partial charge >= 0.3 is 6.18 Å². The predicted octanol–water partition coefficient (Wildman–Crippen LogP) is 2.42. The van der Waals surface area contributed by atoms with Gasteiger partial charge in [-0.3, -0.25) is 4.79 Å². The molecule has 1 aromatic heterocycles. The topological polar surface area (TPSA) is 111 Å². The summed E-state index contributed by atoms with van der Waals surface area (Å²) >= 11 is 0. The minimum Gasteiger partial charge on any atom is -0.530 e. The van der Waals surface area contributed by atoms with Crippen LogP contribution in [0.5, 0.6) is 0 Å². The molecule has 0 N–H and O–H groups in total.